The average Bonchev–Trinajstić information content (AvgIpc) is 2.68. The first-order valence-electron chi connectivity index (χ1n) is 8.07. The molecule has 0 fully saturated rings. The second kappa shape index (κ2) is 7.62. The molecule has 2 heteroatoms. The van der Waals surface area contributed by atoms with Crippen LogP contribution >= 0.6 is 0 Å². The summed E-state index contributed by atoms with van der Waals surface area (Å²) in [7, 11) is 0. The van der Waals surface area contributed by atoms with Crippen LogP contribution in [0.4, 0.5) is 0 Å². The summed E-state index contributed by atoms with van der Waals surface area (Å²) < 4.78 is 6.37. The predicted molar refractivity (Wildman–Crippen MR) is 98.5 cm³/mol. The summed E-state index contributed by atoms with van der Waals surface area (Å²) in [6, 6.07) is 30.8. The quantitative estimate of drug-likeness (QED) is 0.538. The Morgan fingerprint density at radius 1 is 0.667 bits per heavy atom. The molecular formula is C22H21NO. The van der Waals surface area contributed by atoms with E-state index >= 15 is 0 Å². The van der Waals surface area contributed by atoms with E-state index in [-0.39, 0.29) is 0 Å². The first-order valence-corrected chi connectivity index (χ1v) is 8.07. The third-order valence-electron chi connectivity index (χ3n) is 4.02. The molecule has 3 rings (SSSR count). The first-order chi connectivity index (χ1) is 11.9. The highest BCUT2D eigenvalue weighted by atomic mass is 16.5. The van der Waals surface area contributed by atoms with Crippen LogP contribution < -0.4 is 5.73 Å². The molecule has 0 amide bonds. The van der Waals surface area contributed by atoms with Gasteiger partial charge < -0.3 is 10.5 Å². The average molecular weight is 315 g/mol. The van der Waals surface area contributed by atoms with Crippen molar-refractivity contribution in [3.8, 4) is 0 Å². The molecule has 3 aromatic carbocycles. The molecule has 2 N–H and O–H groups in total. The summed E-state index contributed by atoms with van der Waals surface area (Å²) in [5.41, 5.74) is 8.11. The fourth-order valence-electron chi connectivity index (χ4n) is 2.93. The van der Waals surface area contributed by atoms with Crippen LogP contribution in [0.15, 0.2) is 103 Å². The molecule has 0 heterocycles. The summed E-state index contributed by atoms with van der Waals surface area (Å²) in [4.78, 5) is 0. The Morgan fingerprint density at radius 3 is 1.38 bits per heavy atom. The normalized spacial score (nSPS) is 11.5. The molecule has 3 aromatic rings. The maximum Gasteiger partial charge on any atom is 0.183 e. The SMILES string of the molecule is NCC=COC(c1ccccc1)(c1ccccc1)c1ccccc1. The summed E-state index contributed by atoms with van der Waals surface area (Å²) in [5.74, 6) is 0. The van der Waals surface area contributed by atoms with Crippen LogP contribution in [0.2, 0.25) is 0 Å². The molecule has 0 saturated carbocycles. The number of nitrogens with two attached hydrogens (primary N) is 1. The van der Waals surface area contributed by atoms with Crippen molar-refractivity contribution < 1.29 is 4.74 Å². The number of benzene rings is 3. The lowest BCUT2D eigenvalue weighted by Gasteiger charge is -2.35. The highest BCUT2D eigenvalue weighted by Crippen LogP contribution is 2.40. The van der Waals surface area contributed by atoms with E-state index in [0.29, 0.717) is 6.54 Å². The Hall–Kier alpha value is -2.84. The van der Waals surface area contributed by atoms with Gasteiger partial charge in [0, 0.05) is 23.2 Å². The number of ether oxygens (including phenoxy) is 1. The minimum atomic E-state index is -0.713. The van der Waals surface area contributed by atoms with Gasteiger partial charge >= 0.3 is 0 Å². The van der Waals surface area contributed by atoms with Crippen LogP contribution in [-0.2, 0) is 10.3 Å². The highest BCUT2D eigenvalue weighted by molar-refractivity contribution is 5.47. The van der Waals surface area contributed by atoms with Crippen LogP contribution in [0.5, 0.6) is 0 Å². The molecule has 0 aliphatic carbocycles. The van der Waals surface area contributed by atoms with E-state index in [9.17, 15) is 0 Å². The minimum Gasteiger partial charge on any atom is -0.481 e. The fraction of sp³-hybridized carbons (Fsp3) is 0.0909. The van der Waals surface area contributed by atoms with E-state index < -0.39 is 5.60 Å². The number of rotatable bonds is 6. The molecule has 0 unspecified atom stereocenters. The standard InChI is InChI=1S/C22H21NO/c23-17-10-18-24-22(19-11-4-1-5-12-19,20-13-6-2-7-14-20)21-15-8-3-9-16-21/h1-16,18H,17,23H2. The molecule has 2 nitrogen and oxygen atoms in total. The van der Waals surface area contributed by atoms with E-state index in [1.165, 1.54) is 0 Å². The van der Waals surface area contributed by atoms with Gasteiger partial charge in [0.05, 0.1) is 6.26 Å². The van der Waals surface area contributed by atoms with Gasteiger partial charge in [-0.1, -0.05) is 91.0 Å². The Kier molecular flexibility index (Phi) is 5.09. The summed E-state index contributed by atoms with van der Waals surface area (Å²) >= 11 is 0. The Bertz CT molecular complexity index is 670. The van der Waals surface area contributed by atoms with E-state index in [1.807, 2.05) is 60.7 Å². The van der Waals surface area contributed by atoms with Crippen molar-refractivity contribution in [1.29, 1.82) is 0 Å². The molecule has 0 aliphatic heterocycles. The number of hydrogen-bond acceptors (Lipinski definition) is 2. The van der Waals surface area contributed by atoms with Crippen molar-refractivity contribution in [2.24, 2.45) is 5.73 Å². The maximum atomic E-state index is 6.37. The van der Waals surface area contributed by atoms with Crippen molar-refractivity contribution in [3.05, 3.63) is 120 Å². The maximum absolute atomic E-state index is 6.37. The van der Waals surface area contributed by atoms with Crippen molar-refractivity contribution in [3.63, 3.8) is 0 Å². The lowest BCUT2D eigenvalue weighted by molar-refractivity contribution is 0.0975. The molecule has 0 radical (unpaired) electrons. The molecule has 24 heavy (non-hydrogen) atoms. The molecule has 0 aromatic heterocycles. The second-order valence-electron chi connectivity index (χ2n) is 5.50. The van der Waals surface area contributed by atoms with Gasteiger partial charge in [-0.25, -0.2) is 0 Å². The van der Waals surface area contributed by atoms with Crippen molar-refractivity contribution in [1.82, 2.24) is 0 Å². The Morgan fingerprint density at radius 2 is 1.04 bits per heavy atom. The van der Waals surface area contributed by atoms with Crippen LogP contribution in [0.3, 0.4) is 0 Å². The van der Waals surface area contributed by atoms with Gasteiger partial charge in [-0.05, 0) is 6.08 Å². The van der Waals surface area contributed by atoms with Crippen molar-refractivity contribution >= 4 is 0 Å². The van der Waals surface area contributed by atoms with Crippen molar-refractivity contribution in [2.75, 3.05) is 6.54 Å². The van der Waals surface area contributed by atoms with Crippen LogP contribution in [0, 0.1) is 0 Å². The lowest BCUT2D eigenvalue weighted by Crippen LogP contribution is -2.31. The van der Waals surface area contributed by atoms with Crippen LogP contribution in [0.1, 0.15) is 16.7 Å². The second-order valence-corrected chi connectivity index (χ2v) is 5.50. The molecule has 0 spiro atoms. The summed E-state index contributed by atoms with van der Waals surface area (Å²) in [6.45, 7) is 0.439. The van der Waals surface area contributed by atoms with Crippen LogP contribution in [-0.4, -0.2) is 6.54 Å². The van der Waals surface area contributed by atoms with E-state index in [2.05, 4.69) is 36.4 Å². The minimum absolute atomic E-state index is 0.439. The smallest absolute Gasteiger partial charge is 0.183 e. The third-order valence-corrected chi connectivity index (χ3v) is 4.02. The Labute approximate surface area is 143 Å². The van der Waals surface area contributed by atoms with Gasteiger partial charge in [0.25, 0.3) is 0 Å². The molecule has 0 saturated heterocycles. The molecule has 0 atom stereocenters. The van der Waals surface area contributed by atoms with Gasteiger partial charge in [0.15, 0.2) is 5.60 Å². The summed E-state index contributed by atoms with van der Waals surface area (Å²) in [5, 5.41) is 0. The zero-order valence-corrected chi connectivity index (χ0v) is 13.5. The van der Waals surface area contributed by atoms with Gasteiger partial charge in [-0.3, -0.25) is 0 Å². The summed E-state index contributed by atoms with van der Waals surface area (Å²) in [6.07, 6.45) is 3.52. The third kappa shape index (κ3) is 3.10. The zero-order chi connectivity index (χ0) is 16.7. The topological polar surface area (TPSA) is 35.2 Å². The van der Waals surface area contributed by atoms with E-state index in [1.54, 1.807) is 6.26 Å². The highest BCUT2D eigenvalue weighted by Gasteiger charge is 2.37. The monoisotopic (exact) mass is 315 g/mol. The predicted octanol–water partition coefficient (Wildman–Crippen LogP) is 4.47. The Balaban J connectivity index is 2.26. The molecular weight excluding hydrogens is 294 g/mol. The van der Waals surface area contributed by atoms with Crippen LogP contribution in [0.25, 0.3) is 0 Å². The fourth-order valence-corrected chi connectivity index (χ4v) is 2.93. The van der Waals surface area contributed by atoms with Gasteiger partial charge in [-0.15, -0.1) is 0 Å². The van der Waals surface area contributed by atoms with Crippen molar-refractivity contribution in [2.45, 2.75) is 5.60 Å². The molecule has 120 valence electrons. The molecule has 0 bridgehead atoms. The lowest BCUT2D eigenvalue weighted by atomic mass is 9.80. The largest absolute Gasteiger partial charge is 0.481 e. The number of hydrogen-bond donors (Lipinski definition) is 1. The molecule has 0 aliphatic rings. The van der Waals surface area contributed by atoms with E-state index in [0.717, 1.165) is 16.7 Å². The first kappa shape index (κ1) is 16.0. The zero-order valence-electron chi connectivity index (χ0n) is 13.5. The van der Waals surface area contributed by atoms with Gasteiger partial charge in [-0.2, -0.15) is 0 Å². The van der Waals surface area contributed by atoms with Gasteiger partial charge in [0.2, 0.25) is 0 Å². The van der Waals surface area contributed by atoms with E-state index in [4.69, 9.17) is 10.5 Å². The van der Waals surface area contributed by atoms with Gasteiger partial charge in [0.1, 0.15) is 0 Å².